The van der Waals surface area contributed by atoms with Gasteiger partial charge in [0.15, 0.2) is 0 Å². The van der Waals surface area contributed by atoms with Crippen molar-refractivity contribution in [3.63, 3.8) is 0 Å². The van der Waals surface area contributed by atoms with Gasteiger partial charge in [0.05, 0.1) is 17.2 Å². The monoisotopic (exact) mass is 416 g/mol. The maximum absolute atomic E-state index is 13.6. The third-order valence-electron chi connectivity index (χ3n) is 5.19. The van der Waals surface area contributed by atoms with Gasteiger partial charge in [-0.2, -0.15) is 5.10 Å². The SMILES string of the molecule is O=C1N(Cc2ccc([N+](=O)[O-])cc2)c2ccccc2C12NN=C(c1ccccc1)S2. The van der Waals surface area contributed by atoms with Crippen LogP contribution in [0.25, 0.3) is 0 Å². The van der Waals surface area contributed by atoms with Crippen LogP contribution < -0.4 is 10.3 Å². The number of nitro benzene ring substituents is 1. The normalized spacial score (nSPS) is 19.5. The van der Waals surface area contributed by atoms with Crippen LogP contribution >= 0.6 is 11.8 Å². The van der Waals surface area contributed by atoms with Crippen LogP contribution in [0.4, 0.5) is 11.4 Å². The number of hydrazone groups is 1. The molecule has 5 rings (SSSR count). The van der Waals surface area contributed by atoms with Crippen LogP contribution in [0.3, 0.4) is 0 Å². The second-order valence-electron chi connectivity index (χ2n) is 7.01. The smallest absolute Gasteiger partial charge is 0.270 e. The average molecular weight is 416 g/mol. The average Bonchev–Trinajstić information content (AvgIpc) is 3.32. The number of fused-ring (bicyclic) bond motifs is 2. The van der Waals surface area contributed by atoms with Gasteiger partial charge in [0.1, 0.15) is 5.04 Å². The van der Waals surface area contributed by atoms with Crippen LogP contribution in [0.5, 0.6) is 0 Å². The minimum Gasteiger partial charge on any atom is -0.304 e. The van der Waals surface area contributed by atoms with E-state index in [1.807, 2.05) is 54.6 Å². The van der Waals surface area contributed by atoms with Gasteiger partial charge in [-0.1, -0.05) is 72.4 Å². The van der Waals surface area contributed by atoms with Crippen molar-refractivity contribution in [3.8, 4) is 0 Å². The van der Waals surface area contributed by atoms with Gasteiger partial charge in [0.25, 0.3) is 11.6 Å². The van der Waals surface area contributed by atoms with Gasteiger partial charge in [-0.05, 0) is 11.6 Å². The number of benzene rings is 3. The molecule has 1 amide bonds. The van der Waals surface area contributed by atoms with Crippen LogP contribution in [0, 0.1) is 10.1 Å². The highest BCUT2D eigenvalue weighted by atomic mass is 32.2. The fourth-order valence-corrected chi connectivity index (χ4v) is 4.92. The first-order chi connectivity index (χ1) is 14.6. The zero-order valence-corrected chi connectivity index (χ0v) is 16.5. The lowest BCUT2D eigenvalue weighted by Crippen LogP contribution is -2.44. The molecular weight excluding hydrogens is 400 g/mol. The summed E-state index contributed by atoms with van der Waals surface area (Å²) in [5, 5.41) is 16.1. The van der Waals surface area contributed by atoms with E-state index in [1.54, 1.807) is 17.0 Å². The number of carbonyl (C=O) groups is 1. The number of hydrogen-bond acceptors (Lipinski definition) is 6. The molecule has 2 aliphatic heterocycles. The Labute approximate surface area is 176 Å². The largest absolute Gasteiger partial charge is 0.304 e. The second-order valence-corrected chi connectivity index (χ2v) is 8.21. The lowest BCUT2D eigenvalue weighted by atomic mass is 10.1. The summed E-state index contributed by atoms with van der Waals surface area (Å²) < 4.78 is 0. The minimum absolute atomic E-state index is 0.0253. The highest BCUT2D eigenvalue weighted by Gasteiger charge is 2.55. The van der Waals surface area contributed by atoms with E-state index in [0.29, 0.717) is 6.54 Å². The molecule has 0 bridgehead atoms. The molecule has 0 fully saturated rings. The molecule has 0 saturated carbocycles. The lowest BCUT2D eigenvalue weighted by molar-refractivity contribution is -0.384. The van der Waals surface area contributed by atoms with Gasteiger partial charge in [-0.3, -0.25) is 20.3 Å². The van der Waals surface area contributed by atoms with Crippen molar-refractivity contribution in [2.24, 2.45) is 5.10 Å². The van der Waals surface area contributed by atoms with Crippen molar-refractivity contribution in [2.45, 2.75) is 11.4 Å². The topological polar surface area (TPSA) is 87.8 Å². The summed E-state index contributed by atoms with van der Waals surface area (Å²) in [6, 6.07) is 23.7. The third kappa shape index (κ3) is 2.84. The summed E-state index contributed by atoms with van der Waals surface area (Å²) >= 11 is 1.40. The molecule has 0 radical (unpaired) electrons. The second kappa shape index (κ2) is 7.00. The van der Waals surface area contributed by atoms with Crippen LogP contribution in [-0.2, 0) is 16.2 Å². The fourth-order valence-electron chi connectivity index (χ4n) is 3.72. The highest BCUT2D eigenvalue weighted by Crippen LogP contribution is 2.50. The fraction of sp³-hybridized carbons (Fsp3) is 0.0909. The third-order valence-corrected chi connectivity index (χ3v) is 6.51. The number of nitro groups is 1. The Morgan fingerprint density at radius 1 is 1.00 bits per heavy atom. The van der Waals surface area contributed by atoms with E-state index in [2.05, 4.69) is 10.5 Å². The van der Waals surface area contributed by atoms with E-state index >= 15 is 0 Å². The molecule has 1 spiro atoms. The number of nitrogens with one attached hydrogen (secondary N) is 1. The van der Waals surface area contributed by atoms with Crippen molar-refractivity contribution in [1.82, 2.24) is 5.43 Å². The Bertz CT molecular complexity index is 1180. The summed E-state index contributed by atoms with van der Waals surface area (Å²) in [5.41, 5.74) is 6.55. The molecule has 3 aromatic rings. The van der Waals surface area contributed by atoms with E-state index < -0.39 is 9.79 Å². The molecule has 0 saturated heterocycles. The summed E-state index contributed by atoms with van der Waals surface area (Å²) in [7, 11) is 0. The van der Waals surface area contributed by atoms with E-state index in [0.717, 1.165) is 27.4 Å². The van der Waals surface area contributed by atoms with Gasteiger partial charge < -0.3 is 4.90 Å². The number of hydrogen-bond donors (Lipinski definition) is 1. The summed E-state index contributed by atoms with van der Waals surface area (Å²) in [4.78, 5) is 24.8. The molecule has 0 aliphatic carbocycles. The van der Waals surface area contributed by atoms with Gasteiger partial charge in [-0.15, -0.1) is 0 Å². The van der Waals surface area contributed by atoms with Gasteiger partial charge in [-0.25, -0.2) is 0 Å². The standard InChI is InChI=1S/C22H16N4O3S/c27-21-22(24-23-20(30-22)16-6-2-1-3-7-16)18-8-4-5-9-19(18)25(21)14-15-10-12-17(13-11-15)26(28)29/h1-13,24H,14H2. The number of carbonyl (C=O) groups excluding carboxylic acids is 1. The lowest BCUT2D eigenvalue weighted by Gasteiger charge is -2.22. The predicted octanol–water partition coefficient (Wildman–Crippen LogP) is 3.99. The quantitative estimate of drug-likeness (QED) is 0.513. The Balaban J connectivity index is 1.47. The first-order valence-electron chi connectivity index (χ1n) is 9.32. The molecule has 2 aliphatic rings. The maximum atomic E-state index is 13.6. The van der Waals surface area contributed by atoms with Crippen molar-refractivity contribution < 1.29 is 9.72 Å². The molecule has 3 aromatic carbocycles. The number of para-hydroxylation sites is 1. The Hall–Kier alpha value is -3.65. The van der Waals surface area contributed by atoms with E-state index in [9.17, 15) is 14.9 Å². The molecule has 8 heteroatoms. The molecule has 1 atom stereocenters. The van der Waals surface area contributed by atoms with E-state index in [-0.39, 0.29) is 11.6 Å². The number of nitrogens with zero attached hydrogens (tertiary/aromatic N) is 3. The molecule has 2 heterocycles. The Kier molecular flexibility index (Phi) is 4.29. The van der Waals surface area contributed by atoms with Crippen molar-refractivity contribution >= 4 is 34.1 Å². The Morgan fingerprint density at radius 3 is 2.43 bits per heavy atom. The Morgan fingerprint density at radius 2 is 1.70 bits per heavy atom. The molecule has 0 aromatic heterocycles. The zero-order valence-electron chi connectivity index (χ0n) is 15.7. The van der Waals surface area contributed by atoms with Crippen LogP contribution in [0.2, 0.25) is 0 Å². The minimum atomic E-state index is -1.01. The van der Waals surface area contributed by atoms with E-state index in [1.165, 1.54) is 23.9 Å². The first kappa shape index (κ1) is 18.4. The van der Waals surface area contributed by atoms with Crippen LogP contribution in [0.1, 0.15) is 16.7 Å². The van der Waals surface area contributed by atoms with Crippen LogP contribution in [0.15, 0.2) is 84.0 Å². The van der Waals surface area contributed by atoms with Gasteiger partial charge in [0, 0.05) is 23.3 Å². The molecule has 7 nitrogen and oxygen atoms in total. The maximum Gasteiger partial charge on any atom is 0.270 e. The molecular formula is C22H16N4O3S. The van der Waals surface area contributed by atoms with Crippen LogP contribution in [-0.4, -0.2) is 15.9 Å². The van der Waals surface area contributed by atoms with Gasteiger partial charge in [0.2, 0.25) is 4.87 Å². The highest BCUT2D eigenvalue weighted by molar-refractivity contribution is 8.16. The molecule has 30 heavy (non-hydrogen) atoms. The number of amides is 1. The zero-order chi connectivity index (χ0) is 20.7. The number of non-ortho nitro benzene ring substituents is 1. The number of anilines is 1. The number of rotatable bonds is 4. The van der Waals surface area contributed by atoms with Crippen molar-refractivity contribution in [3.05, 3.63) is 106 Å². The number of thioether (sulfide) groups is 1. The first-order valence-corrected chi connectivity index (χ1v) is 10.1. The molecule has 1 N–H and O–H groups in total. The summed E-state index contributed by atoms with van der Waals surface area (Å²) in [6.45, 7) is 0.318. The summed E-state index contributed by atoms with van der Waals surface area (Å²) in [5.74, 6) is -0.110. The van der Waals surface area contributed by atoms with E-state index in [4.69, 9.17) is 0 Å². The van der Waals surface area contributed by atoms with Crippen molar-refractivity contribution in [1.29, 1.82) is 0 Å². The molecule has 148 valence electrons. The van der Waals surface area contributed by atoms with Crippen molar-refractivity contribution in [2.75, 3.05) is 4.90 Å². The molecule has 1 unspecified atom stereocenters. The summed E-state index contributed by atoms with van der Waals surface area (Å²) in [6.07, 6.45) is 0. The van der Waals surface area contributed by atoms with Gasteiger partial charge >= 0.3 is 0 Å². The predicted molar refractivity (Wildman–Crippen MR) is 116 cm³/mol.